The minimum absolute atomic E-state index is 0.0923. The second-order valence-corrected chi connectivity index (χ2v) is 5.13. The number of carbonyl (C=O) groups excluding carboxylic acids is 1. The average Bonchev–Trinajstić information content (AvgIpc) is 2.68. The van der Waals surface area contributed by atoms with Gasteiger partial charge in [0, 0.05) is 25.2 Å². The van der Waals surface area contributed by atoms with Gasteiger partial charge in [0.15, 0.2) is 5.79 Å². The summed E-state index contributed by atoms with van der Waals surface area (Å²) in [7, 11) is 0. The molecule has 0 radical (unpaired) electrons. The molecule has 16 heavy (non-hydrogen) atoms. The molecule has 1 aliphatic heterocycles. The number of hydrogen-bond donors (Lipinski definition) is 0. The number of hydrogen-bond acceptors (Lipinski definition) is 4. The number of fused-ring (bicyclic) bond motifs is 2. The summed E-state index contributed by atoms with van der Waals surface area (Å²) in [6.45, 7) is 2.91. The zero-order valence-corrected chi connectivity index (χ0v) is 9.61. The topological polar surface area (TPSA) is 44.8 Å². The molecule has 1 heterocycles. The van der Waals surface area contributed by atoms with Crippen LogP contribution in [0.3, 0.4) is 0 Å². The standard InChI is InChI=1S/C12H18O4/c1-8(13)16-11-6-10-3-2-9(11)7-12(10)14-4-5-15-12/h9-11H,2-7H2,1H3/t9-,10-,11+/m1/s1. The molecule has 4 heteroatoms. The van der Waals surface area contributed by atoms with Crippen molar-refractivity contribution in [1.82, 2.24) is 0 Å². The van der Waals surface area contributed by atoms with E-state index < -0.39 is 0 Å². The molecule has 3 aliphatic carbocycles. The summed E-state index contributed by atoms with van der Waals surface area (Å²) < 4.78 is 17.0. The first-order chi connectivity index (χ1) is 7.70. The van der Waals surface area contributed by atoms with Crippen molar-refractivity contribution in [1.29, 1.82) is 0 Å². The molecule has 0 amide bonds. The molecule has 0 aromatic heterocycles. The molecule has 3 saturated carbocycles. The van der Waals surface area contributed by atoms with Gasteiger partial charge in [0.25, 0.3) is 0 Å². The largest absolute Gasteiger partial charge is 0.462 e. The fraction of sp³-hybridized carbons (Fsp3) is 0.917. The Morgan fingerprint density at radius 1 is 1.31 bits per heavy atom. The summed E-state index contributed by atoms with van der Waals surface area (Å²) in [5.74, 6) is 0.329. The Morgan fingerprint density at radius 3 is 2.62 bits per heavy atom. The van der Waals surface area contributed by atoms with Gasteiger partial charge in [0.2, 0.25) is 0 Å². The van der Waals surface area contributed by atoms with Crippen LogP contribution in [0.25, 0.3) is 0 Å². The minimum atomic E-state index is -0.334. The Bertz CT molecular complexity index is 295. The molecule has 0 aromatic rings. The summed E-state index contributed by atoms with van der Waals surface area (Å²) in [6, 6.07) is 0. The third kappa shape index (κ3) is 1.55. The molecular formula is C12H18O4. The van der Waals surface area contributed by atoms with E-state index in [1.165, 1.54) is 6.92 Å². The average molecular weight is 226 g/mol. The van der Waals surface area contributed by atoms with Gasteiger partial charge in [-0.1, -0.05) is 0 Å². The molecule has 0 aromatic carbocycles. The van der Waals surface area contributed by atoms with Crippen LogP contribution in [0, 0.1) is 11.8 Å². The van der Waals surface area contributed by atoms with Gasteiger partial charge >= 0.3 is 5.97 Å². The van der Waals surface area contributed by atoms with Crippen molar-refractivity contribution < 1.29 is 19.0 Å². The monoisotopic (exact) mass is 226 g/mol. The smallest absolute Gasteiger partial charge is 0.302 e. The van der Waals surface area contributed by atoms with Crippen LogP contribution in [0.15, 0.2) is 0 Å². The Kier molecular flexibility index (Phi) is 2.44. The molecule has 1 saturated heterocycles. The highest BCUT2D eigenvalue weighted by molar-refractivity contribution is 5.66. The van der Waals surface area contributed by atoms with E-state index in [-0.39, 0.29) is 17.9 Å². The number of ether oxygens (including phenoxy) is 3. The highest BCUT2D eigenvalue weighted by atomic mass is 16.7. The van der Waals surface area contributed by atoms with Crippen molar-refractivity contribution in [2.45, 2.75) is 44.5 Å². The Labute approximate surface area is 95.2 Å². The van der Waals surface area contributed by atoms with Crippen LogP contribution >= 0.6 is 0 Å². The lowest BCUT2D eigenvalue weighted by Crippen LogP contribution is -2.54. The van der Waals surface area contributed by atoms with Gasteiger partial charge in [-0.2, -0.15) is 0 Å². The summed E-state index contributed by atoms with van der Waals surface area (Å²) in [4.78, 5) is 11.0. The lowest BCUT2D eigenvalue weighted by Gasteiger charge is -2.50. The van der Waals surface area contributed by atoms with E-state index in [0.29, 0.717) is 25.0 Å². The van der Waals surface area contributed by atoms with Gasteiger partial charge in [-0.05, 0) is 19.3 Å². The molecule has 0 N–H and O–H groups in total. The molecular weight excluding hydrogens is 208 g/mol. The fourth-order valence-electron chi connectivity index (χ4n) is 3.54. The maximum Gasteiger partial charge on any atom is 0.302 e. The van der Waals surface area contributed by atoms with Gasteiger partial charge in [-0.3, -0.25) is 4.79 Å². The van der Waals surface area contributed by atoms with Crippen molar-refractivity contribution in [3.05, 3.63) is 0 Å². The van der Waals surface area contributed by atoms with Crippen LogP contribution in [-0.4, -0.2) is 31.1 Å². The van der Waals surface area contributed by atoms with E-state index in [0.717, 1.165) is 25.7 Å². The van der Waals surface area contributed by atoms with Gasteiger partial charge in [0.1, 0.15) is 6.10 Å². The van der Waals surface area contributed by atoms with E-state index in [9.17, 15) is 4.79 Å². The zero-order chi connectivity index (χ0) is 11.2. The minimum Gasteiger partial charge on any atom is -0.462 e. The Morgan fingerprint density at radius 2 is 2.06 bits per heavy atom. The molecule has 0 unspecified atom stereocenters. The highest BCUT2D eigenvalue weighted by Crippen LogP contribution is 2.52. The Hall–Kier alpha value is -0.610. The van der Waals surface area contributed by atoms with Crippen molar-refractivity contribution in [3.63, 3.8) is 0 Å². The first-order valence-corrected chi connectivity index (χ1v) is 6.15. The van der Waals surface area contributed by atoms with E-state index in [4.69, 9.17) is 14.2 Å². The second kappa shape index (κ2) is 3.70. The maximum atomic E-state index is 11.0. The third-order valence-corrected chi connectivity index (χ3v) is 4.19. The summed E-state index contributed by atoms with van der Waals surface area (Å²) in [6.07, 6.45) is 4.18. The van der Waals surface area contributed by atoms with Gasteiger partial charge in [-0.25, -0.2) is 0 Å². The zero-order valence-electron chi connectivity index (χ0n) is 9.61. The molecule has 1 spiro atoms. The normalized spacial score (nSPS) is 40.2. The SMILES string of the molecule is CC(=O)O[C@H]1C[C@H]2CC[C@@H]1CC21OCCO1. The fourth-order valence-corrected chi connectivity index (χ4v) is 3.54. The summed E-state index contributed by atoms with van der Waals surface area (Å²) >= 11 is 0. The van der Waals surface area contributed by atoms with Crippen molar-refractivity contribution in [2.24, 2.45) is 11.8 Å². The predicted molar refractivity (Wildman–Crippen MR) is 55.6 cm³/mol. The predicted octanol–water partition coefficient (Wildman–Crippen LogP) is 1.48. The Balaban J connectivity index is 1.73. The van der Waals surface area contributed by atoms with E-state index in [1.807, 2.05) is 0 Å². The highest BCUT2D eigenvalue weighted by Gasteiger charge is 2.55. The van der Waals surface area contributed by atoms with Crippen LogP contribution in [0.2, 0.25) is 0 Å². The first-order valence-electron chi connectivity index (χ1n) is 6.15. The molecule has 4 aliphatic rings. The van der Waals surface area contributed by atoms with Crippen LogP contribution in [-0.2, 0) is 19.0 Å². The molecule has 2 bridgehead atoms. The number of esters is 1. The van der Waals surface area contributed by atoms with Crippen LogP contribution in [0.4, 0.5) is 0 Å². The lowest BCUT2D eigenvalue weighted by atomic mass is 9.65. The van der Waals surface area contributed by atoms with Crippen LogP contribution in [0.1, 0.15) is 32.6 Å². The van der Waals surface area contributed by atoms with Crippen molar-refractivity contribution in [3.8, 4) is 0 Å². The summed E-state index contributed by atoms with van der Waals surface area (Å²) in [5, 5.41) is 0. The summed E-state index contributed by atoms with van der Waals surface area (Å²) in [5.41, 5.74) is 0. The molecule has 4 nitrogen and oxygen atoms in total. The quantitative estimate of drug-likeness (QED) is 0.635. The molecule has 4 fully saturated rings. The number of rotatable bonds is 1. The van der Waals surface area contributed by atoms with Crippen molar-refractivity contribution >= 4 is 5.97 Å². The lowest BCUT2D eigenvalue weighted by molar-refractivity contribution is -0.259. The number of carbonyl (C=O) groups is 1. The maximum absolute atomic E-state index is 11.0. The first kappa shape index (κ1) is 10.5. The van der Waals surface area contributed by atoms with Gasteiger partial charge in [-0.15, -0.1) is 0 Å². The van der Waals surface area contributed by atoms with E-state index in [2.05, 4.69) is 0 Å². The van der Waals surface area contributed by atoms with Gasteiger partial charge < -0.3 is 14.2 Å². The molecule has 3 atom stereocenters. The van der Waals surface area contributed by atoms with E-state index in [1.54, 1.807) is 0 Å². The van der Waals surface area contributed by atoms with Crippen LogP contribution < -0.4 is 0 Å². The second-order valence-electron chi connectivity index (χ2n) is 5.13. The van der Waals surface area contributed by atoms with Gasteiger partial charge in [0.05, 0.1) is 13.2 Å². The van der Waals surface area contributed by atoms with Crippen LogP contribution in [0.5, 0.6) is 0 Å². The van der Waals surface area contributed by atoms with E-state index >= 15 is 0 Å². The molecule has 4 rings (SSSR count). The van der Waals surface area contributed by atoms with Crippen molar-refractivity contribution in [2.75, 3.05) is 13.2 Å². The molecule has 90 valence electrons. The third-order valence-electron chi connectivity index (χ3n) is 4.19.